The van der Waals surface area contributed by atoms with Gasteiger partial charge in [-0.15, -0.1) is 0 Å². The topological polar surface area (TPSA) is 46.2 Å². The average molecular weight is 348 g/mol. The highest BCUT2D eigenvalue weighted by atomic mass is 35.5. The van der Waals surface area contributed by atoms with E-state index >= 15 is 0 Å². The summed E-state index contributed by atoms with van der Waals surface area (Å²) in [5.41, 5.74) is 1.81. The molecule has 1 aliphatic carbocycles. The van der Waals surface area contributed by atoms with Crippen molar-refractivity contribution >= 4 is 27.7 Å². The van der Waals surface area contributed by atoms with Crippen LogP contribution in [0.2, 0.25) is 5.02 Å². The fourth-order valence-electron chi connectivity index (χ4n) is 2.48. The zero-order valence-corrected chi connectivity index (χ0v) is 14.1. The summed E-state index contributed by atoms with van der Waals surface area (Å²) in [5, 5.41) is 1.84. The molecule has 1 saturated carbocycles. The molecule has 3 nitrogen and oxygen atoms in total. The molecule has 0 radical (unpaired) electrons. The Hall–Kier alpha value is -1.62. The molecule has 1 atom stereocenters. The molecule has 0 aliphatic heterocycles. The van der Waals surface area contributed by atoms with Crippen LogP contribution in [0.3, 0.4) is 0 Å². The molecule has 2 aromatic rings. The van der Waals surface area contributed by atoms with E-state index < -0.39 is 10.0 Å². The van der Waals surface area contributed by atoms with Gasteiger partial charge in [0.25, 0.3) is 0 Å². The second-order valence-corrected chi connectivity index (χ2v) is 7.78. The highest BCUT2D eigenvalue weighted by Crippen LogP contribution is 2.41. The van der Waals surface area contributed by atoms with Gasteiger partial charge in [0.15, 0.2) is 0 Å². The molecule has 1 fully saturated rings. The Morgan fingerprint density at radius 2 is 1.70 bits per heavy atom. The minimum atomic E-state index is -3.51. The lowest BCUT2D eigenvalue weighted by Gasteiger charge is -2.17. The van der Waals surface area contributed by atoms with Crippen LogP contribution in [0.5, 0.6) is 0 Å². The third kappa shape index (κ3) is 4.67. The molecule has 2 aromatic carbocycles. The molecule has 1 N–H and O–H groups in total. The predicted molar refractivity (Wildman–Crippen MR) is 94.4 cm³/mol. The summed E-state index contributed by atoms with van der Waals surface area (Å²) in [7, 11) is -3.51. The van der Waals surface area contributed by atoms with Crippen LogP contribution in [0.4, 0.5) is 0 Å². The maximum Gasteiger partial charge on any atom is 0.234 e. The largest absolute Gasteiger partial charge is 0.234 e. The van der Waals surface area contributed by atoms with Crippen molar-refractivity contribution in [2.75, 3.05) is 0 Å². The first kappa shape index (κ1) is 16.2. The zero-order valence-electron chi connectivity index (χ0n) is 12.5. The number of rotatable bonds is 6. The van der Waals surface area contributed by atoms with Crippen molar-refractivity contribution in [1.29, 1.82) is 0 Å². The smallest absolute Gasteiger partial charge is 0.208 e. The number of hydrogen-bond acceptors (Lipinski definition) is 2. The van der Waals surface area contributed by atoms with E-state index in [2.05, 4.69) is 4.72 Å². The molecule has 0 bridgehead atoms. The Balaban J connectivity index is 1.75. The van der Waals surface area contributed by atoms with Crippen LogP contribution < -0.4 is 4.72 Å². The molecule has 0 saturated heterocycles. The summed E-state index contributed by atoms with van der Waals surface area (Å²) in [4.78, 5) is 0. The monoisotopic (exact) mass is 347 g/mol. The number of hydrogen-bond donors (Lipinski definition) is 1. The predicted octanol–water partition coefficient (Wildman–Crippen LogP) is 4.38. The van der Waals surface area contributed by atoms with Gasteiger partial charge in [-0.2, -0.15) is 0 Å². The van der Waals surface area contributed by atoms with Crippen LogP contribution in [0, 0.1) is 5.92 Å². The van der Waals surface area contributed by atoms with Crippen LogP contribution in [0.25, 0.3) is 6.08 Å². The van der Waals surface area contributed by atoms with Gasteiger partial charge < -0.3 is 0 Å². The first-order valence-corrected chi connectivity index (χ1v) is 9.47. The van der Waals surface area contributed by atoms with Gasteiger partial charge in [0.2, 0.25) is 10.0 Å². The molecule has 0 spiro atoms. The van der Waals surface area contributed by atoms with E-state index in [0.29, 0.717) is 10.9 Å². The quantitative estimate of drug-likeness (QED) is 0.842. The standard InChI is InChI=1S/C18H18ClNO2S/c19-17-10-6-14(7-11-17)12-13-23(21,22)20-18(16-8-9-16)15-4-2-1-3-5-15/h1-7,10-13,16,18,20H,8-9H2/b13-12+. The van der Waals surface area contributed by atoms with E-state index in [9.17, 15) is 8.42 Å². The van der Waals surface area contributed by atoms with E-state index in [-0.39, 0.29) is 6.04 Å². The van der Waals surface area contributed by atoms with Crippen LogP contribution in [0.1, 0.15) is 30.0 Å². The number of benzene rings is 2. The lowest BCUT2D eigenvalue weighted by atomic mass is 10.0. The van der Waals surface area contributed by atoms with Crippen LogP contribution in [-0.4, -0.2) is 8.42 Å². The SMILES string of the molecule is O=S(=O)(/C=C/c1ccc(Cl)cc1)NC(c1ccccc1)C1CC1. The van der Waals surface area contributed by atoms with Crippen molar-refractivity contribution < 1.29 is 8.42 Å². The van der Waals surface area contributed by atoms with Gasteiger partial charge in [0, 0.05) is 16.5 Å². The maximum atomic E-state index is 12.4. The fourth-order valence-corrected chi connectivity index (χ4v) is 3.71. The Morgan fingerprint density at radius 3 is 2.30 bits per heavy atom. The second kappa shape index (κ2) is 6.87. The van der Waals surface area contributed by atoms with Crippen molar-refractivity contribution in [1.82, 2.24) is 4.72 Å². The first-order chi connectivity index (χ1) is 11.0. The highest BCUT2D eigenvalue weighted by molar-refractivity contribution is 7.92. The third-order valence-electron chi connectivity index (χ3n) is 3.85. The van der Waals surface area contributed by atoms with Gasteiger partial charge in [-0.1, -0.05) is 54.1 Å². The van der Waals surface area contributed by atoms with E-state index in [1.165, 1.54) is 5.41 Å². The molecule has 0 aromatic heterocycles. The Morgan fingerprint density at radius 1 is 1.04 bits per heavy atom. The van der Waals surface area contributed by atoms with Crippen LogP contribution in [0.15, 0.2) is 60.0 Å². The lowest BCUT2D eigenvalue weighted by Crippen LogP contribution is -2.28. The summed E-state index contributed by atoms with van der Waals surface area (Å²) in [6.07, 6.45) is 3.69. The molecule has 1 aliphatic rings. The number of sulfonamides is 1. The highest BCUT2D eigenvalue weighted by Gasteiger charge is 2.34. The summed E-state index contributed by atoms with van der Waals surface area (Å²) < 4.78 is 27.5. The van der Waals surface area contributed by atoms with Crippen LogP contribution in [-0.2, 0) is 10.0 Å². The molecular formula is C18H18ClNO2S. The molecule has 1 unspecified atom stereocenters. The Kier molecular flexibility index (Phi) is 4.85. The fraction of sp³-hybridized carbons (Fsp3) is 0.222. The summed E-state index contributed by atoms with van der Waals surface area (Å²) in [5.74, 6) is 0.385. The van der Waals surface area contributed by atoms with Gasteiger partial charge in [0.1, 0.15) is 0 Å². The lowest BCUT2D eigenvalue weighted by molar-refractivity contribution is 0.536. The molecular weight excluding hydrogens is 330 g/mol. The Bertz CT molecular complexity index is 782. The molecule has 3 rings (SSSR count). The minimum Gasteiger partial charge on any atom is -0.208 e. The van der Waals surface area contributed by atoms with E-state index in [0.717, 1.165) is 24.0 Å². The molecule has 0 heterocycles. The van der Waals surface area contributed by atoms with E-state index in [4.69, 9.17) is 11.6 Å². The minimum absolute atomic E-state index is 0.156. The summed E-state index contributed by atoms with van der Waals surface area (Å²) in [6, 6.07) is 16.6. The third-order valence-corrected chi connectivity index (χ3v) is 5.18. The normalized spacial score (nSPS) is 16.6. The van der Waals surface area contributed by atoms with Crippen LogP contribution >= 0.6 is 11.6 Å². The van der Waals surface area contributed by atoms with Gasteiger partial charge in [0.05, 0.1) is 0 Å². The van der Waals surface area contributed by atoms with Gasteiger partial charge in [-0.3, -0.25) is 0 Å². The summed E-state index contributed by atoms with van der Waals surface area (Å²) >= 11 is 5.83. The van der Waals surface area contributed by atoms with Crippen molar-refractivity contribution in [2.45, 2.75) is 18.9 Å². The van der Waals surface area contributed by atoms with Crippen molar-refractivity contribution in [2.24, 2.45) is 5.92 Å². The molecule has 23 heavy (non-hydrogen) atoms. The number of nitrogens with one attached hydrogen (secondary N) is 1. The summed E-state index contributed by atoms with van der Waals surface area (Å²) in [6.45, 7) is 0. The second-order valence-electron chi connectivity index (χ2n) is 5.74. The maximum absolute atomic E-state index is 12.4. The average Bonchev–Trinajstić information content (AvgIpc) is 3.38. The van der Waals surface area contributed by atoms with Gasteiger partial charge in [-0.25, -0.2) is 13.1 Å². The van der Waals surface area contributed by atoms with E-state index in [1.807, 2.05) is 30.3 Å². The zero-order chi connectivity index (χ0) is 16.3. The number of halogens is 1. The van der Waals surface area contributed by atoms with Crippen molar-refractivity contribution in [3.63, 3.8) is 0 Å². The molecule has 120 valence electrons. The molecule has 0 amide bonds. The van der Waals surface area contributed by atoms with Gasteiger partial charge >= 0.3 is 0 Å². The molecule has 5 heteroatoms. The van der Waals surface area contributed by atoms with Crippen molar-refractivity contribution in [3.8, 4) is 0 Å². The van der Waals surface area contributed by atoms with Crippen molar-refractivity contribution in [3.05, 3.63) is 76.2 Å². The first-order valence-electron chi connectivity index (χ1n) is 7.54. The van der Waals surface area contributed by atoms with E-state index in [1.54, 1.807) is 30.3 Å². The Labute approximate surface area is 142 Å². The van der Waals surface area contributed by atoms with Gasteiger partial charge in [-0.05, 0) is 48.1 Å².